The molecule has 0 fully saturated rings. The third-order valence-electron chi connectivity index (χ3n) is 4.70. The zero-order valence-electron chi connectivity index (χ0n) is 15.0. The first kappa shape index (κ1) is 17.5. The Morgan fingerprint density at radius 1 is 1.07 bits per heavy atom. The van der Waals surface area contributed by atoms with Crippen molar-refractivity contribution in [2.75, 3.05) is 0 Å². The van der Waals surface area contributed by atoms with Gasteiger partial charge in [0.15, 0.2) is 0 Å². The smallest absolute Gasteiger partial charge is 0.134 e. The molecule has 3 nitrogen and oxygen atoms in total. The predicted octanol–water partition coefficient (Wildman–Crippen LogP) is 5.83. The molecule has 0 aliphatic heterocycles. The summed E-state index contributed by atoms with van der Waals surface area (Å²) in [4.78, 5) is 5.96. The molecular formula is C23H20N2OS. The van der Waals surface area contributed by atoms with E-state index in [2.05, 4.69) is 11.1 Å². The van der Waals surface area contributed by atoms with Crippen LogP contribution in [0.5, 0.6) is 5.75 Å². The van der Waals surface area contributed by atoms with E-state index in [9.17, 15) is 5.26 Å². The van der Waals surface area contributed by atoms with Gasteiger partial charge in [-0.05, 0) is 54.5 Å². The van der Waals surface area contributed by atoms with Crippen molar-refractivity contribution >= 4 is 22.6 Å². The fourth-order valence-electron chi connectivity index (χ4n) is 3.32. The SMILES string of the molecule is N#Cc1c(N=Cc2cccc(OCc3ccccc3)c2)sc2c1CCCC2. The molecule has 1 aliphatic rings. The van der Waals surface area contributed by atoms with E-state index in [1.807, 2.05) is 60.8 Å². The van der Waals surface area contributed by atoms with Gasteiger partial charge in [0.2, 0.25) is 0 Å². The van der Waals surface area contributed by atoms with E-state index >= 15 is 0 Å². The van der Waals surface area contributed by atoms with Gasteiger partial charge in [0.05, 0.1) is 5.56 Å². The molecule has 0 bridgehead atoms. The Labute approximate surface area is 163 Å². The molecular weight excluding hydrogens is 352 g/mol. The van der Waals surface area contributed by atoms with Gasteiger partial charge in [-0.25, -0.2) is 4.99 Å². The number of rotatable bonds is 5. The van der Waals surface area contributed by atoms with E-state index in [1.54, 1.807) is 11.3 Å². The summed E-state index contributed by atoms with van der Waals surface area (Å²) in [6, 6.07) is 20.4. The highest BCUT2D eigenvalue weighted by atomic mass is 32.1. The standard InChI is InChI=1S/C23H20N2OS/c24-14-21-20-11-4-5-12-22(20)27-23(21)25-15-18-9-6-10-19(13-18)26-16-17-7-2-1-3-8-17/h1-3,6-10,13,15H,4-5,11-12,16H2. The number of benzene rings is 2. The number of ether oxygens (including phenoxy) is 1. The first-order chi connectivity index (χ1) is 13.3. The lowest BCUT2D eigenvalue weighted by Crippen LogP contribution is -1.99. The normalized spacial score (nSPS) is 13.3. The fourth-order valence-corrected chi connectivity index (χ4v) is 4.50. The maximum Gasteiger partial charge on any atom is 0.134 e. The molecule has 0 saturated heterocycles. The number of nitriles is 1. The highest BCUT2D eigenvalue weighted by Gasteiger charge is 2.20. The third-order valence-corrected chi connectivity index (χ3v) is 5.90. The van der Waals surface area contributed by atoms with Crippen molar-refractivity contribution in [3.8, 4) is 11.8 Å². The van der Waals surface area contributed by atoms with E-state index in [-0.39, 0.29) is 0 Å². The Bertz CT molecular complexity index is 999. The molecule has 0 unspecified atom stereocenters. The van der Waals surface area contributed by atoms with Crippen molar-refractivity contribution in [2.24, 2.45) is 4.99 Å². The number of fused-ring (bicyclic) bond motifs is 1. The minimum atomic E-state index is 0.539. The van der Waals surface area contributed by atoms with Crippen LogP contribution in [0.2, 0.25) is 0 Å². The van der Waals surface area contributed by atoms with E-state index in [1.165, 1.54) is 23.3 Å². The number of aryl methyl sites for hydroxylation is 1. The van der Waals surface area contributed by atoms with Crippen LogP contribution in [-0.4, -0.2) is 6.21 Å². The van der Waals surface area contributed by atoms with E-state index < -0.39 is 0 Å². The van der Waals surface area contributed by atoms with Gasteiger partial charge in [0.25, 0.3) is 0 Å². The number of nitrogens with zero attached hydrogens (tertiary/aromatic N) is 2. The van der Waals surface area contributed by atoms with Gasteiger partial charge in [-0.15, -0.1) is 11.3 Å². The van der Waals surface area contributed by atoms with Crippen LogP contribution in [0.1, 0.15) is 40.0 Å². The molecule has 0 spiro atoms. The quantitative estimate of drug-likeness (QED) is 0.529. The van der Waals surface area contributed by atoms with Crippen LogP contribution >= 0.6 is 11.3 Å². The van der Waals surface area contributed by atoms with Crippen molar-refractivity contribution in [3.05, 3.63) is 81.7 Å². The third kappa shape index (κ3) is 4.10. The van der Waals surface area contributed by atoms with Crippen molar-refractivity contribution in [3.63, 3.8) is 0 Å². The van der Waals surface area contributed by atoms with Gasteiger partial charge in [0.1, 0.15) is 23.4 Å². The first-order valence-electron chi connectivity index (χ1n) is 9.19. The van der Waals surface area contributed by atoms with Crippen molar-refractivity contribution in [1.29, 1.82) is 5.26 Å². The summed E-state index contributed by atoms with van der Waals surface area (Å²) in [6.07, 6.45) is 6.29. The van der Waals surface area contributed by atoms with Gasteiger partial charge >= 0.3 is 0 Å². The molecule has 4 rings (SSSR count). The van der Waals surface area contributed by atoms with Crippen molar-refractivity contribution in [2.45, 2.75) is 32.3 Å². The predicted molar refractivity (Wildman–Crippen MR) is 110 cm³/mol. The maximum absolute atomic E-state index is 9.55. The molecule has 1 aromatic heterocycles. The van der Waals surface area contributed by atoms with Gasteiger partial charge in [-0.2, -0.15) is 5.26 Å². The largest absolute Gasteiger partial charge is 0.489 e. The van der Waals surface area contributed by atoms with Gasteiger partial charge in [-0.3, -0.25) is 0 Å². The van der Waals surface area contributed by atoms with Crippen molar-refractivity contribution in [1.82, 2.24) is 0 Å². The molecule has 134 valence electrons. The topological polar surface area (TPSA) is 45.4 Å². The number of aliphatic imine (C=N–C) groups is 1. The zero-order valence-corrected chi connectivity index (χ0v) is 15.8. The Kier molecular flexibility index (Phi) is 5.32. The summed E-state index contributed by atoms with van der Waals surface area (Å²) in [6.45, 7) is 0.539. The molecule has 0 N–H and O–H groups in total. The monoisotopic (exact) mass is 372 g/mol. The zero-order chi connectivity index (χ0) is 18.5. The molecule has 0 amide bonds. The average molecular weight is 372 g/mol. The second-order valence-corrected chi connectivity index (χ2v) is 7.69. The molecule has 1 aliphatic carbocycles. The second-order valence-electron chi connectivity index (χ2n) is 6.61. The summed E-state index contributed by atoms with van der Waals surface area (Å²) in [7, 11) is 0. The van der Waals surface area contributed by atoms with Gasteiger partial charge < -0.3 is 4.74 Å². The van der Waals surface area contributed by atoms with Gasteiger partial charge in [-0.1, -0.05) is 42.5 Å². The summed E-state index contributed by atoms with van der Waals surface area (Å²) in [5.41, 5.74) is 4.10. The van der Waals surface area contributed by atoms with Crippen LogP contribution in [-0.2, 0) is 19.4 Å². The van der Waals surface area contributed by atoms with Crippen LogP contribution in [0.3, 0.4) is 0 Å². The average Bonchev–Trinajstić information content (AvgIpc) is 3.09. The maximum atomic E-state index is 9.55. The van der Waals surface area contributed by atoms with E-state index in [0.29, 0.717) is 6.61 Å². The van der Waals surface area contributed by atoms with Gasteiger partial charge in [0, 0.05) is 11.1 Å². The minimum absolute atomic E-state index is 0.539. The molecule has 3 aromatic rings. The second kappa shape index (κ2) is 8.20. The highest BCUT2D eigenvalue weighted by molar-refractivity contribution is 7.16. The molecule has 1 heterocycles. The lowest BCUT2D eigenvalue weighted by atomic mass is 9.96. The Balaban J connectivity index is 1.50. The molecule has 0 atom stereocenters. The summed E-state index contributed by atoms with van der Waals surface area (Å²) in [5.74, 6) is 0.814. The number of thiophene rings is 1. The first-order valence-corrected chi connectivity index (χ1v) is 10.0. The molecule has 0 radical (unpaired) electrons. The van der Waals surface area contributed by atoms with Crippen LogP contribution in [0, 0.1) is 11.3 Å². The van der Waals surface area contributed by atoms with Crippen molar-refractivity contribution < 1.29 is 4.74 Å². The summed E-state index contributed by atoms with van der Waals surface area (Å²) in [5, 5.41) is 10.4. The summed E-state index contributed by atoms with van der Waals surface area (Å²) < 4.78 is 5.88. The molecule has 4 heteroatoms. The van der Waals surface area contributed by atoms with Crippen LogP contribution in [0.15, 0.2) is 59.6 Å². The Morgan fingerprint density at radius 2 is 1.93 bits per heavy atom. The molecule has 2 aromatic carbocycles. The molecule has 0 saturated carbocycles. The summed E-state index contributed by atoms with van der Waals surface area (Å²) >= 11 is 1.67. The highest BCUT2D eigenvalue weighted by Crippen LogP contribution is 2.39. The lowest BCUT2D eigenvalue weighted by molar-refractivity contribution is 0.306. The van der Waals surface area contributed by atoms with Crippen LogP contribution in [0.4, 0.5) is 5.00 Å². The van der Waals surface area contributed by atoms with Crippen LogP contribution in [0.25, 0.3) is 0 Å². The number of hydrogen-bond acceptors (Lipinski definition) is 4. The molecule has 27 heavy (non-hydrogen) atoms. The Hall–Kier alpha value is -2.90. The number of hydrogen-bond donors (Lipinski definition) is 0. The Morgan fingerprint density at radius 3 is 2.78 bits per heavy atom. The van der Waals surface area contributed by atoms with E-state index in [0.717, 1.165) is 40.3 Å². The fraction of sp³-hybridized carbons (Fsp3) is 0.217. The van der Waals surface area contributed by atoms with E-state index in [4.69, 9.17) is 4.74 Å². The van der Waals surface area contributed by atoms with Crippen LogP contribution < -0.4 is 4.74 Å². The lowest BCUT2D eigenvalue weighted by Gasteiger charge is -2.09. The minimum Gasteiger partial charge on any atom is -0.489 e.